The second-order valence-electron chi connectivity index (χ2n) is 5.29. The molecule has 2 aromatic carbocycles. The van der Waals surface area contributed by atoms with Crippen molar-refractivity contribution in [2.45, 2.75) is 13.5 Å². The summed E-state index contributed by atoms with van der Waals surface area (Å²) in [5, 5.41) is 0. The number of hydrogen-bond donors (Lipinski definition) is 0. The summed E-state index contributed by atoms with van der Waals surface area (Å²) < 4.78 is 11.3. The van der Waals surface area contributed by atoms with Crippen molar-refractivity contribution in [1.29, 1.82) is 0 Å². The minimum absolute atomic E-state index is 0.452. The maximum atomic E-state index is 6.02. The largest absolute Gasteiger partial charge is 0.497 e. The van der Waals surface area contributed by atoms with Crippen molar-refractivity contribution in [3.05, 3.63) is 78.1 Å². The molecule has 1 heterocycles. The molecule has 0 bridgehead atoms. The lowest BCUT2D eigenvalue weighted by atomic mass is 9.99. The van der Waals surface area contributed by atoms with Crippen molar-refractivity contribution in [1.82, 2.24) is 4.98 Å². The average Bonchev–Trinajstić information content (AvgIpc) is 2.61. The highest BCUT2D eigenvalue weighted by Crippen LogP contribution is 2.34. The first-order valence-electron chi connectivity index (χ1n) is 7.54. The first-order chi connectivity index (χ1) is 11.3. The van der Waals surface area contributed by atoms with E-state index >= 15 is 0 Å². The molecule has 0 atom stereocenters. The van der Waals surface area contributed by atoms with E-state index in [1.54, 1.807) is 13.3 Å². The monoisotopic (exact) mass is 305 g/mol. The molecule has 0 aliphatic carbocycles. The van der Waals surface area contributed by atoms with Crippen LogP contribution in [0.25, 0.3) is 11.1 Å². The lowest BCUT2D eigenvalue weighted by molar-refractivity contribution is 0.302. The standard InChI is InChI=1S/C20H19NO2/c1-15-6-5-8-19(23-14-17-7-3-4-13-21-17)20(15)16-9-11-18(22-2)12-10-16/h3-13H,14H2,1-2H3. The maximum absolute atomic E-state index is 6.02. The van der Waals surface area contributed by atoms with Crippen LogP contribution in [0.5, 0.6) is 11.5 Å². The zero-order valence-corrected chi connectivity index (χ0v) is 13.3. The normalized spacial score (nSPS) is 10.3. The Morgan fingerprint density at radius 2 is 1.74 bits per heavy atom. The van der Waals surface area contributed by atoms with Gasteiger partial charge in [0.25, 0.3) is 0 Å². The van der Waals surface area contributed by atoms with Crippen LogP contribution < -0.4 is 9.47 Å². The summed E-state index contributed by atoms with van der Waals surface area (Å²) in [6.45, 7) is 2.54. The second kappa shape index (κ2) is 6.97. The molecule has 0 saturated carbocycles. The Balaban J connectivity index is 1.90. The quantitative estimate of drug-likeness (QED) is 0.688. The van der Waals surface area contributed by atoms with Gasteiger partial charge in [-0.05, 0) is 48.4 Å². The molecule has 0 aliphatic rings. The molecule has 3 nitrogen and oxygen atoms in total. The number of methoxy groups -OCH3 is 1. The van der Waals surface area contributed by atoms with Gasteiger partial charge in [0.05, 0.1) is 12.8 Å². The van der Waals surface area contributed by atoms with E-state index in [0.717, 1.165) is 28.3 Å². The summed E-state index contributed by atoms with van der Waals surface area (Å²) in [5.41, 5.74) is 4.30. The van der Waals surface area contributed by atoms with Crippen LogP contribution in [-0.2, 0) is 6.61 Å². The number of hydrogen-bond acceptors (Lipinski definition) is 3. The van der Waals surface area contributed by atoms with Crippen LogP contribution in [0, 0.1) is 6.92 Å². The van der Waals surface area contributed by atoms with Crippen LogP contribution in [0.4, 0.5) is 0 Å². The van der Waals surface area contributed by atoms with Crippen LogP contribution >= 0.6 is 0 Å². The van der Waals surface area contributed by atoms with Crippen LogP contribution in [0.2, 0.25) is 0 Å². The third-order valence-electron chi connectivity index (χ3n) is 3.71. The van der Waals surface area contributed by atoms with Gasteiger partial charge in [-0.3, -0.25) is 4.98 Å². The zero-order valence-electron chi connectivity index (χ0n) is 13.3. The molecule has 116 valence electrons. The third kappa shape index (κ3) is 3.51. The van der Waals surface area contributed by atoms with Crippen molar-refractivity contribution in [2.75, 3.05) is 7.11 Å². The molecular weight excluding hydrogens is 286 g/mol. The van der Waals surface area contributed by atoms with Gasteiger partial charge >= 0.3 is 0 Å². The summed E-state index contributed by atoms with van der Waals surface area (Å²) >= 11 is 0. The van der Waals surface area contributed by atoms with E-state index < -0.39 is 0 Å². The van der Waals surface area contributed by atoms with Gasteiger partial charge in [0, 0.05) is 11.8 Å². The molecule has 0 radical (unpaired) electrons. The molecule has 0 spiro atoms. The van der Waals surface area contributed by atoms with Gasteiger partial charge in [0.1, 0.15) is 18.1 Å². The Bertz CT molecular complexity index is 767. The Morgan fingerprint density at radius 3 is 2.43 bits per heavy atom. The Kier molecular flexibility index (Phi) is 4.57. The fourth-order valence-corrected chi connectivity index (χ4v) is 2.52. The average molecular weight is 305 g/mol. The molecule has 3 heteroatoms. The fourth-order valence-electron chi connectivity index (χ4n) is 2.52. The first-order valence-corrected chi connectivity index (χ1v) is 7.54. The first kappa shape index (κ1) is 15.1. The number of nitrogens with zero attached hydrogens (tertiary/aromatic N) is 1. The molecule has 3 aromatic rings. The number of aromatic nitrogens is 1. The fraction of sp³-hybridized carbons (Fsp3) is 0.150. The lowest BCUT2D eigenvalue weighted by Gasteiger charge is -2.14. The molecule has 0 N–H and O–H groups in total. The lowest BCUT2D eigenvalue weighted by Crippen LogP contribution is -1.99. The van der Waals surface area contributed by atoms with Crippen molar-refractivity contribution in [3.63, 3.8) is 0 Å². The highest BCUT2D eigenvalue weighted by atomic mass is 16.5. The second-order valence-corrected chi connectivity index (χ2v) is 5.29. The van der Waals surface area contributed by atoms with Gasteiger partial charge in [-0.1, -0.05) is 30.3 Å². The summed E-state index contributed by atoms with van der Waals surface area (Å²) in [5.74, 6) is 1.71. The van der Waals surface area contributed by atoms with Gasteiger partial charge in [-0.2, -0.15) is 0 Å². The highest BCUT2D eigenvalue weighted by molar-refractivity contribution is 5.74. The molecule has 0 fully saturated rings. The van der Waals surface area contributed by atoms with Gasteiger partial charge in [0.2, 0.25) is 0 Å². The number of rotatable bonds is 5. The van der Waals surface area contributed by atoms with Crippen molar-refractivity contribution in [2.24, 2.45) is 0 Å². The predicted molar refractivity (Wildman–Crippen MR) is 91.7 cm³/mol. The Hall–Kier alpha value is -2.81. The van der Waals surface area contributed by atoms with E-state index in [4.69, 9.17) is 9.47 Å². The molecule has 0 unspecified atom stereocenters. The van der Waals surface area contributed by atoms with Crippen LogP contribution in [0.15, 0.2) is 66.9 Å². The number of pyridine rings is 1. The van der Waals surface area contributed by atoms with E-state index in [2.05, 4.69) is 30.1 Å². The minimum atomic E-state index is 0.452. The Labute approximate surface area is 136 Å². The van der Waals surface area contributed by atoms with E-state index in [1.165, 1.54) is 5.56 Å². The topological polar surface area (TPSA) is 31.4 Å². The van der Waals surface area contributed by atoms with E-state index in [0.29, 0.717) is 6.61 Å². The van der Waals surface area contributed by atoms with Crippen molar-refractivity contribution >= 4 is 0 Å². The molecule has 3 rings (SSSR count). The van der Waals surface area contributed by atoms with Gasteiger partial charge < -0.3 is 9.47 Å². The molecule has 0 aliphatic heterocycles. The number of aryl methyl sites for hydroxylation is 1. The van der Waals surface area contributed by atoms with Gasteiger partial charge in [-0.25, -0.2) is 0 Å². The summed E-state index contributed by atoms with van der Waals surface area (Å²) in [6.07, 6.45) is 1.78. The highest BCUT2D eigenvalue weighted by Gasteiger charge is 2.10. The van der Waals surface area contributed by atoms with Crippen LogP contribution in [-0.4, -0.2) is 12.1 Å². The summed E-state index contributed by atoms with van der Waals surface area (Å²) in [4.78, 5) is 4.30. The number of ether oxygens (including phenoxy) is 2. The molecular formula is C20H19NO2. The third-order valence-corrected chi connectivity index (χ3v) is 3.71. The van der Waals surface area contributed by atoms with Crippen LogP contribution in [0.1, 0.15) is 11.3 Å². The number of benzene rings is 2. The minimum Gasteiger partial charge on any atom is -0.497 e. The summed E-state index contributed by atoms with van der Waals surface area (Å²) in [6, 6.07) is 19.9. The van der Waals surface area contributed by atoms with E-state index in [9.17, 15) is 0 Å². The molecule has 0 amide bonds. The van der Waals surface area contributed by atoms with Gasteiger partial charge in [-0.15, -0.1) is 0 Å². The summed E-state index contributed by atoms with van der Waals surface area (Å²) in [7, 11) is 1.67. The van der Waals surface area contributed by atoms with E-state index in [1.807, 2.05) is 42.5 Å². The van der Waals surface area contributed by atoms with Crippen molar-refractivity contribution < 1.29 is 9.47 Å². The van der Waals surface area contributed by atoms with Crippen LogP contribution in [0.3, 0.4) is 0 Å². The van der Waals surface area contributed by atoms with Crippen molar-refractivity contribution in [3.8, 4) is 22.6 Å². The predicted octanol–water partition coefficient (Wildman–Crippen LogP) is 4.64. The van der Waals surface area contributed by atoms with E-state index in [-0.39, 0.29) is 0 Å². The SMILES string of the molecule is COc1ccc(-c2c(C)cccc2OCc2ccccn2)cc1. The zero-order chi connectivity index (χ0) is 16.1. The molecule has 1 aromatic heterocycles. The smallest absolute Gasteiger partial charge is 0.130 e. The maximum Gasteiger partial charge on any atom is 0.130 e. The van der Waals surface area contributed by atoms with Gasteiger partial charge in [0.15, 0.2) is 0 Å². The molecule has 23 heavy (non-hydrogen) atoms. The Morgan fingerprint density at radius 1 is 0.913 bits per heavy atom. The molecule has 0 saturated heterocycles.